The Morgan fingerprint density at radius 1 is 1.14 bits per heavy atom. The van der Waals surface area contributed by atoms with Crippen LogP contribution >= 0.6 is 0 Å². The molecule has 1 aromatic rings. The summed E-state index contributed by atoms with van der Waals surface area (Å²) in [5.41, 5.74) is 6.89. The number of rotatable bonds is 6. The molecule has 0 saturated carbocycles. The third-order valence-electron chi connectivity index (χ3n) is 3.76. The van der Waals surface area contributed by atoms with Crippen molar-refractivity contribution in [3.8, 4) is 0 Å². The van der Waals surface area contributed by atoms with Crippen LogP contribution in [0.2, 0.25) is 6.32 Å². The number of allylic oxidation sites excluding steroid dienone is 3. The van der Waals surface area contributed by atoms with E-state index in [2.05, 4.69) is 78.6 Å². The van der Waals surface area contributed by atoms with Gasteiger partial charge in [0.25, 0.3) is 0 Å². The van der Waals surface area contributed by atoms with Gasteiger partial charge in [-0.15, -0.1) is 19.7 Å². The molecule has 0 fully saturated rings. The predicted octanol–water partition coefficient (Wildman–Crippen LogP) is 5.59. The van der Waals surface area contributed by atoms with Crippen LogP contribution in [-0.2, 0) is 0 Å². The molecule has 0 heterocycles. The Morgan fingerprint density at radius 3 is 2.10 bits per heavy atom. The molecule has 0 nitrogen and oxygen atoms in total. The Hall–Kier alpha value is -1.50. The Bertz CT molecular complexity index is 460. The van der Waals surface area contributed by atoms with Crippen LogP contribution in [0, 0.1) is 20.8 Å². The summed E-state index contributed by atoms with van der Waals surface area (Å²) in [6, 6.07) is 4.59. The van der Waals surface area contributed by atoms with Crippen LogP contribution in [0.3, 0.4) is 0 Å². The van der Waals surface area contributed by atoms with Gasteiger partial charge in [-0.3, -0.25) is 0 Å². The summed E-state index contributed by atoms with van der Waals surface area (Å²) >= 11 is 0. The fraction of sp³-hybridized carbons (Fsp3) is 0.400. The summed E-state index contributed by atoms with van der Waals surface area (Å²) in [5, 5.41) is 0. The molecule has 1 aromatic carbocycles. The minimum Gasteiger partial charge on any atom is -0.106 e. The van der Waals surface area contributed by atoms with Gasteiger partial charge in [-0.1, -0.05) is 78.0 Å². The quantitative estimate of drug-likeness (QED) is 0.362. The van der Waals surface area contributed by atoms with Crippen molar-refractivity contribution in [3.05, 3.63) is 66.2 Å². The summed E-state index contributed by atoms with van der Waals surface area (Å²) in [6.07, 6.45) is 7.96. The summed E-state index contributed by atoms with van der Waals surface area (Å²) in [5.74, 6) is 0. The second-order valence-electron chi connectivity index (χ2n) is 5.58. The zero-order valence-corrected chi connectivity index (χ0v) is 14.6. The van der Waals surface area contributed by atoms with E-state index in [0.29, 0.717) is 6.71 Å². The molecule has 0 radical (unpaired) electrons. The van der Waals surface area contributed by atoms with E-state index in [9.17, 15) is 0 Å². The average molecular weight is 282 g/mol. The number of benzene rings is 1. The first-order valence-electron chi connectivity index (χ1n) is 7.90. The molecule has 0 bridgehead atoms. The van der Waals surface area contributed by atoms with E-state index in [-0.39, 0.29) is 0 Å². The van der Waals surface area contributed by atoms with Gasteiger partial charge in [0, 0.05) is 0 Å². The molecule has 0 amide bonds. The van der Waals surface area contributed by atoms with Crippen LogP contribution in [0.1, 0.15) is 43.4 Å². The van der Waals surface area contributed by atoms with Gasteiger partial charge in [0.1, 0.15) is 0 Å². The lowest BCUT2D eigenvalue weighted by Crippen LogP contribution is -2.36. The molecule has 1 rings (SSSR count). The molecule has 114 valence electrons. The van der Waals surface area contributed by atoms with Crippen molar-refractivity contribution >= 4 is 12.2 Å². The molecule has 0 atom stereocenters. The minimum absolute atomic E-state index is 0.469. The lowest BCUT2D eigenvalue weighted by molar-refractivity contribution is 0.877. The Kier molecular flexibility index (Phi) is 9.53. The van der Waals surface area contributed by atoms with Gasteiger partial charge >= 0.3 is 0 Å². The number of unbranched alkanes of at least 4 members (excludes halogenated alkanes) is 1. The number of hydrogen-bond acceptors (Lipinski definition) is 0. The minimum atomic E-state index is 0.469. The van der Waals surface area contributed by atoms with Gasteiger partial charge in [-0.2, -0.15) is 0 Å². The summed E-state index contributed by atoms with van der Waals surface area (Å²) in [7, 11) is 0. The molecule has 0 unspecified atom stereocenters. The SMILES string of the molecule is C=C.C=C(/C=C/C)B(CCCC)c1c(C)cc(C)cc1C. The molecule has 0 aliphatic carbocycles. The second kappa shape index (κ2) is 10.3. The number of aryl methyl sites for hydroxylation is 3. The molecule has 0 spiro atoms. The topological polar surface area (TPSA) is 0 Å². The highest BCUT2D eigenvalue weighted by Gasteiger charge is 2.21. The molecular weight excluding hydrogens is 251 g/mol. The Morgan fingerprint density at radius 2 is 1.67 bits per heavy atom. The van der Waals surface area contributed by atoms with Crippen LogP contribution in [0.25, 0.3) is 0 Å². The maximum Gasteiger partial charge on any atom is 0.209 e. The zero-order chi connectivity index (χ0) is 16.4. The highest BCUT2D eigenvalue weighted by atomic mass is 14.0. The van der Waals surface area contributed by atoms with E-state index in [4.69, 9.17) is 0 Å². The van der Waals surface area contributed by atoms with Gasteiger partial charge in [0.15, 0.2) is 0 Å². The van der Waals surface area contributed by atoms with Gasteiger partial charge < -0.3 is 0 Å². The van der Waals surface area contributed by atoms with Gasteiger partial charge in [0.05, 0.1) is 0 Å². The van der Waals surface area contributed by atoms with E-state index >= 15 is 0 Å². The van der Waals surface area contributed by atoms with E-state index in [0.717, 1.165) is 0 Å². The van der Waals surface area contributed by atoms with Crippen LogP contribution in [0.4, 0.5) is 0 Å². The summed E-state index contributed by atoms with van der Waals surface area (Å²) in [4.78, 5) is 0. The van der Waals surface area contributed by atoms with Gasteiger partial charge in [0.2, 0.25) is 6.71 Å². The number of hydrogen-bond donors (Lipinski definition) is 0. The van der Waals surface area contributed by atoms with Crippen molar-refractivity contribution in [2.75, 3.05) is 0 Å². The summed E-state index contributed by atoms with van der Waals surface area (Å²) in [6.45, 7) is 21.7. The third kappa shape index (κ3) is 5.79. The van der Waals surface area contributed by atoms with Crippen molar-refractivity contribution in [1.29, 1.82) is 0 Å². The van der Waals surface area contributed by atoms with Crippen LogP contribution in [0.15, 0.2) is 49.5 Å². The van der Waals surface area contributed by atoms with E-state index in [1.54, 1.807) is 0 Å². The molecule has 21 heavy (non-hydrogen) atoms. The zero-order valence-electron chi connectivity index (χ0n) is 14.6. The van der Waals surface area contributed by atoms with Crippen molar-refractivity contribution in [2.45, 2.75) is 53.8 Å². The standard InChI is InChI=1S/C18H27B.C2H4/c1-7-9-11-19(17(6)10-8-2)18-15(4)12-14(3)13-16(18)5;1-2/h8,10,12-13H,6-7,9,11H2,1-5H3;1-2H2/b10-8+;. The third-order valence-corrected chi connectivity index (χ3v) is 3.76. The highest BCUT2D eigenvalue weighted by Crippen LogP contribution is 2.16. The fourth-order valence-electron chi connectivity index (χ4n) is 2.99. The lowest BCUT2D eigenvalue weighted by atomic mass is 9.36. The molecule has 1 heteroatoms. The van der Waals surface area contributed by atoms with Crippen molar-refractivity contribution < 1.29 is 0 Å². The molecule has 0 saturated heterocycles. The maximum absolute atomic E-state index is 4.29. The van der Waals surface area contributed by atoms with Crippen molar-refractivity contribution in [3.63, 3.8) is 0 Å². The first kappa shape index (κ1) is 19.5. The van der Waals surface area contributed by atoms with Crippen LogP contribution in [-0.4, -0.2) is 6.71 Å². The van der Waals surface area contributed by atoms with E-state index < -0.39 is 0 Å². The smallest absolute Gasteiger partial charge is 0.106 e. The molecule has 0 aliphatic heterocycles. The van der Waals surface area contributed by atoms with Gasteiger partial charge in [-0.25, -0.2) is 0 Å². The normalized spacial score (nSPS) is 10.1. The average Bonchev–Trinajstić information content (AvgIpc) is 2.43. The van der Waals surface area contributed by atoms with Crippen LogP contribution < -0.4 is 5.46 Å². The fourth-order valence-corrected chi connectivity index (χ4v) is 2.99. The summed E-state index contributed by atoms with van der Waals surface area (Å²) < 4.78 is 0. The first-order chi connectivity index (χ1) is 10.0. The lowest BCUT2D eigenvalue weighted by Gasteiger charge is -2.20. The van der Waals surface area contributed by atoms with Crippen molar-refractivity contribution in [1.82, 2.24) is 0 Å². The van der Waals surface area contributed by atoms with Crippen molar-refractivity contribution in [2.24, 2.45) is 0 Å². The molecule has 0 aliphatic rings. The monoisotopic (exact) mass is 282 g/mol. The van der Waals surface area contributed by atoms with E-state index in [1.165, 1.54) is 46.8 Å². The molecular formula is C20H31B. The second-order valence-corrected chi connectivity index (χ2v) is 5.58. The predicted molar refractivity (Wildman–Crippen MR) is 101 cm³/mol. The van der Waals surface area contributed by atoms with E-state index in [1.807, 2.05) is 0 Å². The Balaban J connectivity index is 0.00000191. The Labute approximate surface area is 132 Å². The van der Waals surface area contributed by atoms with Crippen LogP contribution in [0.5, 0.6) is 0 Å². The largest absolute Gasteiger partial charge is 0.209 e. The molecule has 0 aromatic heterocycles. The maximum atomic E-state index is 4.29. The highest BCUT2D eigenvalue weighted by molar-refractivity contribution is 6.81. The molecule has 0 N–H and O–H groups in total. The first-order valence-corrected chi connectivity index (χ1v) is 7.90. The van der Waals surface area contributed by atoms with Gasteiger partial charge in [-0.05, 0) is 27.7 Å².